The molecule has 1 aliphatic rings. The fourth-order valence-electron chi connectivity index (χ4n) is 5.89. The third-order valence-corrected chi connectivity index (χ3v) is 8.48. The van der Waals surface area contributed by atoms with Gasteiger partial charge in [0.25, 0.3) is 5.91 Å². The second-order valence-electron chi connectivity index (χ2n) is 11.6. The van der Waals surface area contributed by atoms with Crippen molar-refractivity contribution >= 4 is 28.5 Å². The summed E-state index contributed by atoms with van der Waals surface area (Å²) in [4.78, 5) is 32.9. The maximum absolute atomic E-state index is 14.1. The number of carbonyl (C=O) groups excluding carboxylic acids is 2. The SMILES string of the molecule is CN=C(N)NCCCC1NC(CNC(=O)c2ccc3ccccc3c2)CCN(CC(c2ccc(F)cc2)c2ccc(F)cc2)C1=O. The van der Waals surface area contributed by atoms with Crippen LogP contribution in [0.4, 0.5) is 8.78 Å². The van der Waals surface area contributed by atoms with Crippen LogP contribution in [0.5, 0.6) is 0 Å². The molecular formula is C36H40F2N6O2. The maximum atomic E-state index is 14.1. The molecule has 0 spiro atoms. The van der Waals surface area contributed by atoms with E-state index in [1.54, 1.807) is 31.3 Å². The monoisotopic (exact) mass is 626 g/mol. The van der Waals surface area contributed by atoms with Gasteiger partial charge in [0.2, 0.25) is 5.91 Å². The molecular weight excluding hydrogens is 586 g/mol. The molecule has 46 heavy (non-hydrogen) atoms. The number of nitrogens with one attached hydrogen (secondary N) is 3. The lowest BCUT2D eigenvalue weighted by Crippen LogP contribution is -2.49. The van der Waals surface area contributed by atoms with E-state index in [0.717, 1.165) is 21.9 Å². The van der Waals surface area contributed by atoms with Gasteiger partial charge in [-0.3, -0.25) is 14.6 Å². The second kappa shape index (κ2) is 15.4. The molecule has 0 saturated carbocycles. The summed E-state index contributed by atoms with van der Waals surface area (Å²) >= 11 is 0. The first-order valence-electron chi connectivity index (χ1n) is 15.6. The smallest absolute Gasteiger partial charge is 0.251 e. The zero-order valence-electron chi connectivity index (χ0n) is 25.9. The van der Waals surface area contributed by atoms with Gasteiger partial charge in [0.15, 0.2) is 5.96 Å². The molecule has 1 aliphatic heterocycles. The Labute approximate surface area is 268 Å². The topological polar surface area (TPSA) is 112 Å². The Morgan fingerprint density at radius 1 is 0.957 bits per heavy atom. The molecule has 10 heteroatoms. The van der Waals surface area contributed by atoms with Crippen LogP contribution in [0.2, 0.25) is 0 Å². The molecule has 1 fully saturated rings. The summed E-state index contributed by atoms with van der Waals surface area (Å²) in [6.07, 6.45) is 1.79. The van der Waals surface area contributed by atoms with Crippen molar-refractivity contribution in [2.75, 3.05) is 33.2 Å². The van der Waals surface area contributed by atoms with Crippen LogP contribution >= 0.6 is 0 Å². The van der Waals surface area contributed by atoms with Crippen LogP contribution in [0.3, 0.4) is 0 Å². The number of guanidine groups is 1. The van der Waals surface area contributed by atoms with Gasteiger partial charge in [0, 0.05) is 50.7 Å². The van der Waals surface area contributed by atoms with E-state index in [0.29, 0.717) is 57.0 Å². The van der Waals surface area contributed by atoms with Gasteiger partial charge in [-0.05, 0) is 77.6 Å². The first-order chi connectivity index (χ1) is 22.3. The molecule has 2 atom stereocenters. The minimum absolute atomic E-state index is 0.0605. The van der Waals surface area contributed by atoms with E-state index in [-0.39, 0.29) is 35.4 Å². The Bertz CT molecular complexity index is 1620. The molecule has 1 saturated heterocycles. The second-order valence-corrected chi connectivity index (χ2v) is 11.6. The molecule has 2 unspecified atom stereocenters. The summed E-state index contributed by atoms with van der Waals surface area (Å²) in [5.74, 6) is -0.910. The lowest BCUT2D eigenvalue weighted by molar-refractivity contribution is -0.133. The highest BCUT2D eigenvalue weighted by atomic mass is 19.1. The van der Waals surface area contributed by atoms with Gasteiger partial charge in [0.05, 0.1) is 6.04 Å². The Morgan fingerprint density at radius 3 is 2.26 bits per heavy atom. The number of halogens is 2. The van der Waals surface area contributed by atoms with Crippen LogP contribution in [-0.2, 0) is 4.79 Å². The number of rotatable bonds is 11. The number of amides is 2. The van der Waals surface area contributed by atoms with E-state index < -0.39 is 6.04 Å². The first-order valence-corrected chi connectivity index (χ1v) is 15.6. The fraction of sp³-hybridized carbons (Fsp3) is 0.306. The predicted molar refractivity (Wildman–Crippen MR) is 178 cm³/mol. The highest BCUT2D eigenvalue weighted by Crippen LogP contribution is 2.28. The van der Waals surface area contributed by atoms with E-state index in [4.69, 9.17) is 5.73 Å². The van der Waals surface area contributed by atoms with Gasteiger partial charge >= 0.3 is 0 Å². The lowest BCUT2D eigenvalue weighted by Gasteiger charge is -2.29. The lowest BCUT2D eigenvalue weighted by atomic mass is 9.90. The number of hydrogen-bond acceptors (Lipinski definition) is 4. The highest BCUT2D eigenvalue weighted by Gasteiger charge is 2.32. The van der Waals surface area contributed by atoms with E-state index in [1.165, 1.54) is 24.3 Å². The molecule has 4 aromatic rings. The summed E-state index contributed by atoms with van der Waals surface area (Å²) < 4.78 is 27.7. The molecule has 240 valence electrons. The summed E-state index contributed by atoms with van der Waals surface area (Å²) in [5, 5.41) is 11.7. The Balaban J connectivity index is 1.32. The predicted octanol–water partition coefficient (Wildman–Crippen LogP) is 4.55. The summed E-state index contributed by atoms with van der Waals surface area (Å²) in [6.45, 7) is 1.67. The summed E-state index contributed by atoms with van der Waals surface area (Å²) in [7, 11) is 1.60. The van der Waals surface area contributed by atoms with Crippen LogP contribution in [0.25, 0.3) is 10.8 Å². The number of hydrogen-bond donors (Lipinski definition) is 4. The van der Waals surface area contributed by atoms with E-state index >= 15 is 0 Å². The molecule has 0 bridgehead atoms. The molecule has 1 heterocycles. The number of benzene rings is 4. The van der Waals surface area contributed by atoms with Gasteiger partial charge in [-0.15, -0.1) is 0 Å². The molecule has 8 nitrogen and oxygen atoms in total. The number of nitrogens with zero attached hydrogens (tertiary/aromatic N) is 2. The van der Waals surface area contributed by atoms with Crippen molar-refractivity contribution in [2.45, 2.75) is 37.3 Å². The minimum Gasteiger partial charge on any atom is -0.370 e. The molecule has 5 rings (SSSR count). The van der Waals surface area contributed by atoms with E-state index in [1.807, 2.05) is 47.4 Å². The average Bonchev–Trinajstić information content (AvgIpc) is 3.22. The maximum Gasteiger partial charge on any atom is 0.251 e. The molecule has 5 N–H and O–H groups in total. The Hall–Kier alpha value is -4.83. The van der Waals surface area contributed by atoms with Gasteiger partial charge in [0.1, 0.15) is 11.6 Å². The molecule has 0 aliphatic carbocycles. The van der Waals surface area contributed by atoms with Crippen molar-refractivity contribution in [3.63, 3.8) is 0 Å². The average molecular weight is 627 g/mol. The van der Waals surface area contributed by atoms with Crippen molar-refractivity contribution in [3.8, 4) is 0 Å². The van der Waals surface area contributed by atoms with Crippen molar-refractivity contribution in [2.24, 2.45) is 10.7 Å². The van der Waals surface area contributed by atoms with Gasteiger partial charge in [-0.2, -0.15) is 0 Å². The van der Waals surface area contributed by atoms with Crippen molar-refractivity contribution in [3.05, 3.63) is 119 Å². The van der Waals surface area contributed by atoms with E-state index in [9.17, 15) is 18.4 Å². The fourth-order valence-corrected chi connectivity index (χ4v) is 5.89. The summed E-state index contributed by atoms with van der Waals surface area (Å²) in [6, 6.07) is 25.3. The minimum atomic E-state index is -0.506. The zero-order valence-corrected chi connectivity index (χ0v) is 25.9. The van der Waals surface area contributed by atoms with Gasteiger partial charge in [-0.1, -0.05) is 54.6 Å². The highest BCUT2D eigenvalue weighted by molar-refractivity contribution is 5.98. The van der Waals surface area contributed by atoms with Crippen LogP contribution in [0.1, 0.15) is 46.7 Å². The molecule has 4 aromatic carbocycles. The largest absolute Gasteiger partial charge is 0.370 e. The van der Waals surface area contributed by atoms with Crippen molar-refractivity contribution < 1.29 is 18.4 Å². The quantitative estimate of drug-likeness (QED) is 0.111. The van der Waals surface area contributed by atoms with Crippen molar-refractivity contribution in [1.29, 1.82) is 0 Å². The molecule has 0 aromatic heterocycles. The van der Waals surface area contributed by atoms with Crippen LogP contribution in [-0.4, -0.2) is 68.0 Å². The van der Waals surface area contributed by atoms with Crippen LogP contribution < -0.4 is 21.7 Å². The van der Waals surface area contributed by atoms with Gasteiger partial charge < -0.3 is 26.6 Å². The normalized spacial score (nSPS) is 17.3. The molecule has 0 radical (unpaired) electrons. The number of aliphatic imine (C=N–C) groups is 1. The zero-order chi connectivity index (χ0) is 32.5. The number of nitrogens with two attached hydrogens (primary N) is 1. The first kappa shape index (κ1) is 32.6. The van der Waals surface area contributed by atoms with Gasteiger partial charge in [-0.25, -0.2) is 8.78 Å². The summed E-state index contributed by atoms with van der Waals surface area (Å²) in [5.41, 5.74) is 8.01. The Morgan fingerprint density at radius 2 is 1.61 bits per heavy atom. The number of carbonyl (C=O) groups is 2. The van der Waals surface area contributed by atoms with Crippen LogP contribution in [0.15, 0.2) is 96.0 Å². The third kappa shape index (κ3) is 8.45. The van der Waals surface area contributed by atoms with E-state index in [2.05, 4.69) is 20.9 Å². The Kier molecular flexibility index (Phi) is 10.9. The third-order valence-electron chi connectivity index (χ3n) is 8.48. The van der Waals surface area contributed by atoms with Crippen molar-refractivity contribution in [1.82, 2.24) is 20.9 Å². The number of fused-ring (bicyclic) bond motifs is 1. The van der Waals surface area contributed by atoms with Crippen LogP contribution in [0, 0.1) is 11.6 Å². The standard InChI is InChI=1S/C36H40F2N6O2/c1-40-36(39)41-19-4-7-33-35(46)44(23-32(25-10-14-29(37)15-11-25)26-12-16-30(38)17-13-26)20-18-31(43-33)22-42-34(45)28-9-8-24-5-2-3-6-27(24)21-28/h2-3,5-6,8-17,21,31-33,43H,4,7,18-20,22-23H2,1H3,(H,42,45)(H3,39,40,41). The molecule has 2 amide bonds.